The lowest BCUT2D eigenvalue weighted by atomic mass is 9.89. The van der Waals surface area contributed by atoms with Gasteiger partial charge >= 0.3 is 0 Å². The van der Waals surface area contributed by atoms with Crippen LogP contribution in [-0.4, -0.2) is 38.8 Å². The number of hydrogen-bond donors (Lipinski definition) is 0. The Bertz CT molecular complexity index is 1200. The Kier molecular flexibility index (Phi) is 5.69. The number of aromatic nitrogens is 3. The van der Waals surface area contributed by atoms with Crippen molar-refractivity contribution in [3.05, 3.63) is 89.9 Å². The largest absolute Gasteiger partial charge is 0.459 e. The van der Waals surface area contributed by atoms with E-state index in [1.54, 1.807) is 24.5 Å². The van der Waals surface area contributed by atoms with Gasteiger partial charge in [0.25, 0.3) is 5.91 Å². The van der Waals surface area contributed by atoms with Gasteiger partial charge < -0.3 is 9.32 Å². The number of nitrogens with zero attached hydrogens (tertiary/aromatic N) is 4. The first-order valence-corrected chi connectivity index (χ1v) is 10.9. The number of piperidine rings is 1. The van der Waals surface area contributed by atoms with E-state index in [0.717, 1.165) is 35.2 Å². The maximum Gasteiger partial charge on any atom is 0.289 e. The Balaban J connectivity index is 1.45. The lowest BCUT2D eigenvalue weighted by molar-refractivity contribution is 0.0680. The third-order valence-corrected chi connectivity index (χ3v) is 6.06. The van der Waals surface area contributed by atoms with Gasteiger partial charge in [0.2, 0.25) is 0 Å². The van der Waals surface area contributed by atoms with E-state index in [1.807, 2.05) is 47.5 Å². The number of hydrogen-bond acceptors (Lipinski definition) is 5. The molecule has 6 nitrogen and oxygen atoms in total. The fraction of sp³-hybridized carbons (Fsp3) is 0.200. The van der Waals surface area contributed by atoms with Gasteiger partial charge in [-0.05, 0) is 66.9 Å². The van der Waals surface area contributed by atoms with Gasteiger partial charge in [-0.2, -0.15) is 0 Å². The summed E-state index contributed by atoms with van der Waals surface area (Å²) in [5.74, 6) is 1.21. The molecule has 0 radical (unpaired) electrons. The highest BCUT2D eigenvalue weighted by atomic mass is 35.5. The Hall–Kier alpha value is -3.51. The Morgan fingerprint density at radius 3 is 2.44 bits per heavy atom. The highest BCUT2D eigenvalue weighted by molar-refractivity contribution is 6.30. The minimum Gasteiger partial charge on any atom is -0.459 e. The summed E-state index contributed by atoms with van der Waals surface area (Å²) >= 11 is 6.05. The Morgan fingerprint density at radius 1 is 1.00 bits per heavy atom. The van der Waals surface area contributed by atoms with E-state index in [4.69, 9.17) is 21.0 Å². The molecule has 1 aliphatic rings. The van der Waals surface area contributed by atoms with Crippen LogP contribution in [0.1, 0.15) is 35.0 Å². The molecule has 0 unspecified atom stereocenters. The van der Waals surface area contributed by atoms with Crippen LogP contribution >= 0.6 is 11.6 Å². The van der Waals surface area contributed by atoms with E-state index in [-0.39, 0.29) is 11.8 Å². The fourth-order valence-electron chi connectivity index (χ4n) is 4.11. The van der Waals surface area contributed by atoms with Gasteiger partial charge in [-0.3, -0.25) is 9.78 Å². The molecule has 3 aromatic heterocycles. The SMILES string of the molecule is O=C(c1ccco1)N1CCC(c2nc(-c3ccc(Cl)cc3)ncc2-c2ccncc2)CC1. The van der Waals surface area contributed by atoms with Crippen molar-refractivity contribution in [3.8, 4) is 22.5 Å². The normalized spacial score (nSPS) is 14.5. The van der Waals surface area contributed by atoms with Gasteiger partial charge in [0.05, 0.1) is 12.0 Å². The van der Waals surface area contributed by atoms with Crippen LogP contribution in [0.15, 0.2) is 77.8 Å². The fourth-order valence-corrected chi connectivity index (χ4v) is 4.24. The first-order chi connectivity index (χ1) is 15.7. The van der Waals surface area contributed by atoms with Crippen LogP contribution in [-0.2, 0) is 0 Å². The summed E-state index contributed by atoms with van der Waals surface area (Å²) in [4.78, 5) is 28.3. The van der Waals surface area contributed by atoms with Gasteiger partial charge in [-0.15, -0.1) is 0 Å². The molecule has 1 saturated heterocycles. The van der Waals surface area contributed by atoms with Crippen molar-refractivity contribution >= 4 is 17.5 Å². The van der Waals surface area contributed by atoms with Crippen LogP contribution in [0.5, 0.6) is 0 Å². The molecule has 1 amide bonds. The van der Waals surface area contributed by atoms with Crippen molar-refractivity contribution < 1.29 is 9.21 Å². The summed E-state index contributed by atoms with van der Waals surface area (Å²) in [6.45, 7) is 1.31. The van der Waals surface area contributed by atoms with E-state index in [9.17, 15) is 4.79 Å². The monoisotopic (exact) mass is 444 g/mol. The van der Waals surface area contributed by atoms with Crippen molar-refractivity contribution in [2.24, 2.45) is 0 Å². The third-order valence-electron chi connectivity index (χ3n) is 5.81. The zero-order valence-corrected chi connectivity index (χ0v) is 18.1. The second-order valence-corrected chi connectivity index (χ2v) is 8.22. The van der Waals surface area contributed by atoms with Crippen LogP contribution in [0.4, 0.5) is 0 Å². The zero-order chi connectivity index (χ0) is 21.9. The van der Waals surface area contributed by atoms with Crippen LogP contribution in [0, 0.1) is 0 Å². The predicted octanol–water partition coefficient (Wildman–Crippen LogP) is 5.47. The van der Waals surface area contributed by atoms with Crippen LogP contribution in [0.25, 0.3) is 22.5 Å². The zero-order valence-electron chi connectivity index (χ0n) is 17.3. The van der Waals surface area contributed by atoms with E-state index in [0.29, 0.717) is 29.7 Å². The minimum absolute atomic E-state index is 0.0626. The summed E-state index contributed by atoms with van der Waals surface area (Å²) in [5.41, 5.74) is 3.95. The molecule has 160 valence electrons. The average Bonchev–Trinajstić information content (AvgIpc) is 3.39. The second kappa shape index (κ2) is 8.93. The average molecular weight is 445 g/mol. The summed E-state index contributed by atoms with van der Waals surface area (Å²) in [7, 11) is 0. The summed E-state index contributed by atoms with van der Waals surface area (Å²) in [5, 5.41) is 0.677. The predicted molar refractivity (Wildman–Crippen MR) is 122 cm³/mol. The van der Waals surface area contributed by atoms with E-state index < -0.39 is 0 Å². The van der Waals surface area contributed by atoms with Crippen molar-refractivity contribution in [1.82, 2.24) is 19.9 Å². The van der Waals surface area contributed by atoms with Gasteiger partial charge in [0, 0.05) is 53.7 Å². The quantitative estimate of drug-likeness (QED) is 0.417. The molecular formula is C25H21ClN4O2. The number of rotatable bonds is 4. The maximum atomic E-state index is 12.6. The number of carbonyl (C=O) groups excluding carboxylic acids is 1. The lowest BCUT2D eigenvalue weighted by Crippen LogP contribution is -2.38. The second-order valence-electron chi connectivity index (χ2n) is 7.78. The molecule has 0 saturated carbocycles. The highest BCUT2D eigenvalue weighted by Gasteiger charge is 2.28. The molecule has 7 heteroatoms. The summed E-state index contributed by atoms with van der Waals surface area (Å²) in [6, 6.07) is 14.9. The molecule has 1 aliphatic heterocycles. The summed E-state index contributed by atoms with van der Waals surface area (Å²) < 4.78 is 5.28. The topological polar surface area (TPSA) is 72.1 Å². The third kappa shape index (κ3) is 4.14. The molecule has 1 aromatic carbocycles. The lowest BCUT2D eigenvalue weighted by Gasteiger charge is -2.32. The molecule has 4 aromatic rings. The molecule has 32 heavy (non-hydrogen) atoms. The number of carbonyl (C=O) groups is 1. The molecule has 4 heterocycles. The molecule has 0 N–H and O–H groups in total. The molecule has 0 atom stereocenters. The molecule has 1 fully saturated rings. The molecule has 5 rings (SSSR count). The molecular weight excluding hydrogens is 424 g/mol. The first kappa shape index (κ1) is 20.4. The van der Waals surface area contributed by atoms with Crippen LogP contribution in [0.2, 0.25) is 5.02 Å². The standard InChI is InChI=1S/C25H21ClN4O2/c26-20-5-3-19(4-6-20)24-28-16-21(17-7-11-27-12-8-17)23(29-24)18-9-13-30(14-10-18)25(31)22-2-1-15-32-22/h1-8,11-12,15-16,18H,9-10,13-14H2. The number of furan rings is 1. The van der Waals surface area contributed by atoms with Crippen molar-refractivity contribution in [2.45, 2.75) is 18.8 Å². The smallest absolute Gasteiger partial charge is 0.289 e. The van der Waals surface area contributed by atoms with Gasteiger partial charge in [0.15, 0.2) is 11.6 Å². The van der Waals surface area contributed by atoms with Crippen LogP contribution in [0.3, 0.4) is 0 Å². The minimum atomic E-state index is -0.0626. The van der Waals surface area contributed by atoms with E-state index in [2.05, 4.69) is 9.97 Å². The number of benzene rings is 1. The highest BCUT2D eigenvalue weighted by Crippen LogP contribution is 2.35. The Labute approximate surface area is 190 Å². The van der Waals surface area contributed by atoms with Crippen molar-refractivity contribution in [1.29, 1.82) is 0 Å². The molecule has 0 aliphatic carbocycles. The number of amides is 1. The van der Waals surface area contributed by atoms with E-state index in [1.165, 1.54) is 6.26 Å². The van der Waals surface area contributed by atoms with Crippen molar-refractivity contribution in [2.75, 3.05) is 13.1 Å². The van der Waals surface area contributed by atoms with E-state index >= 15 is 0 Å². The molecule has 0 spiro atoms. The number of halogens is 1. The number of pyridine rings is 1. The maximum absolute atomic E-state index is 12.6. The first-order valence-electron chi connectivity index (χ1n) is 10.5. The van der Waals surface area contributed by atoms with Gasteiger partial charge in [0.1, 0.15) is 0 Å². The number of likely N-dealkylation sites (tertiary alicyclic amines) is 1. The van der Waals surface area contributed by atoms with Crippen molar-refractivity contribution in [3.63, 3.8) is 0 Å². The van der Waals surface area contributed by atoms with Gasteiger partial charge in [-0.1, -0.05) is 11.6 Å². The summed E-state index contributed by atoms with van der Waals surface area (Å²) in [6.07, 6.45) is 8.61. The Morgan fingerprint density at radius 2 is 1.75 bits per heavy atom. The van der Waals surface area contributed by atoms with Gasteiger partial charge in [-0.25, -0.2) is 9.97 Å². The molecule has 0 bridgehead atoms. The van der Waals surface area contributed by atoms with Crippen LogP contribution < -0.4 is 0 Å².